The molecular formula is C23H27N3O2. The van der Waals surface area contributed by atoms with Gasteiger partial charge >= 0.3 is 0 Å². The molecule has 1 N–H and O–H groups in total. The topological polar surface area (TPSA) is 52.7 Å². The quantitative estimate of drug-likeness (QED) is 0.887. The molecule has 0 radical (unpaired) electrons. The molecule has 1 saturated heterocycles. The molecule has 146 valence electrons. The molecule has 28 heavy (non-hydrogen) atoms. The van der Waals surface area contributed by atoms with Crippen LogP contribution >= 0.6 is 0 Å². The van der Waals surface area contributed by atoms with Crippen molar-refractivity contribution in [1.82, 2.24) is 15.1 Å². The molecule has 0 aromatic heterocycles. The molecule has 1 atom stereocenters. The predicted octanol–water partition coefficient (Wildman–Crippen LogP) is 2.00. The number of benzene rings is 2. The molecule has 0 bridgehead atoms. The summed E-state index contributed by atoms with van der Waals surface area (Å²) in [5, 5.41) is 2.93. The van der Waals surface area contributed by atoms with Gasteiger partial charge in [-0.1, -0.05) is 54.6 Å². The Morgan fingerprint density at radius 3 is 2.25 bits per heavy atom. The van der Waals surface area contributed by atoms with E-state index in [4.69, 9.17) is 0 Å². The maximum atomic E-state index is 13.0. The third-order valence-electron chi connectivity index (χ3n) is 5.81. The first-order chi connectivity index (χ1) is 13.7. The average molecular weight is 377 g/mol. The molecule has 2 amide bonds. The van der Waals surface area contributed by atoms with E-state index in [2.05, 4.69) is 46.6 Å². The minimum Gasteiger partial charge on any atom is -0.353 e. The van der Waals surface area contributed by atoms with Crippen molar-refractivity contribution < 1.29 is 9.59 Å². The fourth-order valence-corrected chi connectivity index (χ4v) is 4.20. The largest absolute Gasteiger partial charge is 0.353 e. The molecule has 0 aliphatic carbocycles. The molecule has 0 saturated carbocycles. The van der Waals surface area contributed by atoms with Crippen LogP contribution in [0.1, 0.15) is 23.1 Å². The Balaban J connectivity index is 1.42. The van der Waals surface area contributed by atoms with Crippen LogP contribution in [-0.4, -0.2) is 53.8 Å². The maximum Gasteiger partial charge on any atom is 0.237 e. The molecule has 0 spiro atoms. The number of nitrogens with zero attached hydrogens (tertiary/aromatic N) is 2. The minimum atomic E-state index is -0.396. The first-order valence-corrected chi connectivity index (χ1v) is 10.1. The van der Waals surface area contributed by atoms with Crippen molar-refractivity contribution >= 4 is 11.8 Å². The van der Waals surface area contributed by atoms with Crippen molar-refractivity contribution in [2.24, 2.45) is 0 Å². The van der Waals surface area contributed by atoms with Crippen LogP contribution < -0.4 is 5.32 Å². The summed E-state index contributed by atoms with van der Waals surface area (Å²) in [5.74, 6) is 0.0431. The number of rotatable bonds is 4. The van der Waals surface area contributed by atoms with Crippen LogP contribution in [0.25, 0.3) is 0 Å². The van der Waals surface area contributed by atoms with Gasteiger partial charge in [-0.05, 0) is 29.5 Å². The van der Waals surface area contributed by atoms with E-state index in [1.54, 1.807) is 0 Å². The third kappa shape index (κ3) is 4.25. The number of fused-ring (bicyclic) bond motifs is 1. The monoisotopic (exact) mass is 377 g/mol. The number of piperazine rings is 1. The lowest BCUT2D eigenvalue weighted by Gasteiger charge is -2.35. The Labute approximate surface area is 166 Å². The highest BCUT2D eigenvalue weighted by Gasteiger charge is 2.33. The fraction of sp³-hybridized carbons (Fsp3) is 0.391. The highest BCUT2D eigenvalue weighted by molar-refractivity contribution is 5.89. The highest BCUT2D eigenvalue weighted by atomic mass is 16.2. The molecule has 5 nitrogen and oxygen atoms in total. The lowest BCUT2D eigenvalue weighted by Crippen LogP contribution is -2.56. The van der Waals surface area contributed by atoms with Crippen molar-refractivity contribution in [2.45, 2.75) is 31.8 Å². The fourth-order valence-electron chi connectivity index (χ4n) is 4.20. The molecular weight excluding hydrogens is 350 g/mol. The minimum absolute atomic E-state index is 0.0337. The Bertz CT molecular complexity index is 810. The van der Waals surface area contributed by atoms with E-state index in [1.165, 1.54) is 16.7 Å². The summed E-state index contributed by atoms with van der Waals surface area (Å²) in [6, 6.07) is 18.2. The van der Waals surface area contributed by atoms with Crippen molar-refractivity contribution in [1.29, 1.82) is 0 Å². The van der Waals surface area contributed by atoms with E-state index in [9.17, 15) is 9.59 Å². The van der Waals surface area contributed by atoms with Gasteiger partial charge in [0.25, 0.3) is 0 Å². The summed E-state index contributed by atoms with van der Waals surface area (Å²) in [5.41, 5.74) is 3.83. The van der Waals surface area contributed by atoms with E-state index in [0.29, 0.717) is 13.1 Å². The standard InChI is InChI=1S/C23H27N3O2/c27-22(25-13-10-19-8-4-5-9-20(19)11-14-25)16-21-23(28)24-12-15-26(21)17-18-6-2-1-3-7-18/h1-9,21H,10-17H2,(H,24,28). The van der Waals surface area contributed by atoms with Crippen LogP contribution in [-0.2, 0) is 29.0 Å². The summed E-state index contributed by atoms with van der Waals surface area (Å²) in [6.07, 6.45) is 2.01. The van der Waals surface area contributed by atoms with Crippen LogP contribution in [0.15, 0.2) is 54.6 Å². The van der Waals surface area contributed by atoms with Gasteiger partial charge in [0.15, 0.2) is 0 Å². The van der Waals surface area contributed by atoms with Gasteiger partial charge in [-0.2, -0.15) is 0 Å². The Morgan fingerprint density at radius 2 is 1.57 bits per heavy atom. The smallest absolute Gasteiger partial charge is 0.237 e. The molecule has 4 rings (SSSR count). The van der Waals surface area contributed by atoms with E-state index >= 15 is 0 Å². The second kappa shape index (κ2) is 8.57. The van der Waals surface area contributed by atoms with E-state index < -0.39 is 6.04 Å². The second-order valence-corrected chi connectivity index (χ2v) is 7.62. The summed E-state index contributed by atoms with van der Waals surface area (Å²) in [6.45, 7) is 3.54. The molecule has 2 aliphatic rings. The van der Waals surface area contributed by atoms with Gasteiger partial charge in [0.05, 0.1) is 12.5 Å². The summed E-state index contributed by atoms with van der Waals surface area (Å²) in [7, 11) is 0. The van der Waals surface area contributed by atoms with Crippen molar-refractivity contribution in [3.05, 3.63) is 71.3 Å². The lowest BCUT2D eigenvalue weighted by atomic mass is 10.0. The third-order valence-corrected chi connectivity index (χ3v) is 5.81. The van der Waals surface area contributed by atoms with Crippen LogP contribution in [0.5, 0.6) is 0 Å². The number of carbonyl (C=O) groups excluding carboxylic acids is 2. The summed E-state index contributed by atoms with van der Waals surface area (Å²) < 4.78 is 0. The Kier molecular flexibility index (Phi) is 5.72. The molecule has 2 aromatic carbocycles. The van der Waals surface area contributed by atoms with Crippen LogP contribution in [0.4, 0.5) is 0 Å². The highest BCUT2D eigenvalue weighted by Crippen LogP contribution is 2.19. The van der Waals surface area contributed by atoms with E-state index in [-0.39, 0.29) is 18.2 Å². The average Bonchev–Trinajstić information content (AvgIpc) is 2.94. The van der Waals surface area contributed by atoms with Crippen molar-refractivity contribution in [2.75, 3.05) is 26.2 Å². The maximum absolute atomic E-state index is 13.0. The number of carbonyl (C=O) groups is 2. The van der Waals surface area contributed by atoms with E-state index in [0.717, 1.165) is 32.5 Å². The van der Waals surface area contributed by atoms with Gasteiger partial charge < -0.3 is 10.2 Å². The number of amides is 2. The lowest BCUT2D eigenvalue weighted by molar-refractivity contribution is -0.139. The van der Waals surface area contributed by atoms with Gasteiger partial charge in [0.2, 0.25) is 11.8 Å². The predicted molar refractivity (Wildman–Crippen MR) is 109 cm³/mol. The molecule has 2 aliphatic heterocycles. The number of hydrogen-bond acceptors (Lipinski definition) is 3. The SMILES string of the molecule is O=C1NCCN(Cc2ccccc2)C1CC(=O)N1CCc2ccccc2CC1. The Hall–Kier alpha value is -2.66. The number of hydrogen-bond donors (Lipinski definition) is 1. The molecule has 2 heterocycles. The molecule has 5 heteroatoms. The molecule has 1 fully saturated rings. The summed E-state index contributed by atoms with van der Waals surface area (Å²) in [4.78, 5) is 29.6. The molecule has 2 aromatic rings. The first-order valence-electron chi connectivity index (χ1n) is 10.1. The first kappa shape index (κ1) is 18.7. The van der Waals surface area contributed by atoms with Crippen LogP contribution in [0.2, 0.25) is 0 Å². The second-order valence-electron chi connectivity index (χ2n) is 7.62. The van der Waals surface area contributed by atoms with E-state index in [1.807, 2.05) is 23.1 Å². The van der Waals surface area contributed by atoms with Crippen LogP contribution in [0.3, 0.4) is 0 Å². The Morgan fingerprint density at radius 1 is 0.929 bits per heavy atom. The summed E-state index contributed by atoms with van der Waals surface area (Å²) >= 11 is 0. The van der Waals surface area contributed by atoms with Crippen molar-refractivity contribution in [3.8, 4) is 0 Å². The van der Waals surface area contributed by atoms with Gasteiger partial charge in [0.1, 0.15) is 0 Å². The van der Waals surface area contributed by atoms with Crippen LogP contribution in [0, 0.1) is 0 Å². The van der Waals surface area contributed by atoms with Gasteiger partial charge in [-0.25, -0.2) is 0 Å². The molecule has 1 unspecified atom stereocenters. The normalized spacial score (nSPS) is 20.2. The van der Waals surface area contributed by atoms with Gasteiger partial charge in [-0.3, -0.25) is 14.5 Å². The van der Waals surface area contributed by atoms with Gasteiger partial charge in [0, 0.05) is 32.7 Å². The van der Waals surface area contributed by atoms with Gasteiger partial charge in [-0.15, -0.1) is 0 Å². The van der Waals surface area contributed by atoms with Crippen molar-refractivity contribution in [3.63, 3.8) is 0 Å². The zero-order valence-electron chi connectivity index (χ0n) is 16.1. The zero-order chi connectivity index (χ0) is 19.3. The number of nitrogens with one attached hydrogen (secondary N) is 1. The zero-order valence-corrected chi connectivity index (χ0v) is 16.1.